The fourth-order valence-electron chi connectivity index (χ4n) is 3.60. The number of hydrogen-bond donors (Lipinski definition) is 1. The largest absolute Gasteiger partial charge is 0.474 e. The lowest BCUT2D eigenvalue weighted by molar-refractivity contribution is 0.0597. The van der Waals surface area contributed by atoms with Gasteiger partial charge in [-0.3, -0.25) is 4.98 Å². The molecular weight excluding hydrogens is 414 g/mol. The Hall–Kier alpha value is -2.18. The first-order chi connectivity index (χ1) is 16.1. The molecule has 4 rings (SSSR count). The number of β-amino-alcohol motifs (C(OH)–C–C–N with tert-alkyl or cyclic N) is 1. The molecule has 2 aliphatic rings. The van der Waals surface area contributed by atoms with E-state index in [0.717, 1.165) is 35.9 Å². The Bertz CT molecular complexity index is 734. The number of anilines is 1. The van der Waals surface area contributed by atoms with Crippen LogP contribution in [0.3, 0.4) is 0 Å². The molecule has 6 nitrogen and oxygen atoms in total. The summed E-state index contributed by atoms with van der Waals surface area (Å²) in [6.45, 7) is 14.6. The maximum absolute atomic E-state index is 9.63. The van der Waals surface area contributed by atoms with Crippen molar-refractivity contribution in [1.82, 2.24) is 9.97 Å². The van der Waals surface area contributed by atoms with Gasteiger partial charge in [-0.1, -0.05) is 40.7 Å². The molecule has 1 N–H and O–H groups in total. The highest BCUT2D eigenvalue weighted by Gasteiger charge is 2.17. The molecule has 1 atom stereocenters. The first-order valence-corrected chi connectivity index (χ1v) is 12.7. The van der Waals surface area contributed by atoms with Crippen LogP contribution in [0.1, 0.15) is 71.7 Å². The molecule has 0 spiro atoms. The van der Waals surface area contributed by atoms with E-state index in [1.54, 1.807) is 0 Å². The van der Waals surface area contributed by atoms with Crippen molar-refractivity contribution in [2.24, 2.45) is 0 Å². The van der Waals surface area contributed by atoms with Crippen LogP contribution in [0, 0.1) is 6.92 Å². The van der Waals surface area contributed by atoms with Crippen molar-refractivity contribution in [2.75, 3.05) is 31.2 Å². The summed E-state index contributed by atoms with van der Waals surface area (Å²) in [4.78, 5) is 10.8. The summed E-state index contributed by atoms with van der Waals surface area (Å²) < 4.78 is 11.0. The van der Waals surface area contributed by atoms with E-state index in [4.69, 9.17) is 9.47 Å². The number of aromatic nitrogens is 2. The third kappa shape index (κ3) is 11.0. The van der Waals surface area contributed by atoms with Crippen LogP contribution in [0.15, 0.2) is 36.5 Å². The third-order valence-corrected chi connectivity index (χ3v) is 5.24. The van der Waals surface area contributed by atoms with E-state index in [0.29, 0.717) is 25.9 Å². The topological polar surface area (TPSA) is 67.7 Å². The fraction of sp³-hybridized carbons (Fsp3) is 0.630. The lowest BCUT2D eigenvalue weighted by atomic mass is 10.2. The predicted octanol–water partition coefficient (Wildman–Crippen LogP) is 5.61. The molecule has 186 valence electrons. The molecule has 1 aliphatic heterocycles. The van der Waals surface area contributed by atoms with Crippen molar-refractivity contribution >= 4 is 5.69 Å². The quantitative estimate of drug-likeness (QED) is 0.641. The van der Waals surface area contributed by atoms with Gasteiger partial charge in [-0.05, 0) is 57.2 Å². The number of pyridine rings is 2. The molecule has 2 aromatic rings. The molecule has 33 heavy (non-hydrogen) atoms. The highest BCUT2D eigenvalue weighted by Crippen LogP contribution is 2.22. The highest BCUT2D eigenvalue weighted by atomic mass is 16.5. The Balaban J connectivity index is 0.000000291. The summed E-state index contributed by atoms with van der Waals surface area (Å²) >= 11 is 0. The molecule has 1 saturated carbocycles. The average molecular weight is 460 g/mol. The maximum atomic E-state index is 9.63. The van der Waals surface area contributed by atoms with Crippen molar-refractivity contribution in [3.05, 3.63) is 47.9 Å². The summed E-state index contributed by atoms with van der Waals surface area (Å²) in [5, 5.41) is 9.63. The van der Waals surface area contributed by atoms with Crippen LogP contribution in [0.25, 0.3) is 0 Å². The van der Waals surface area contributed by atoms with E-state index in [9.17, 15) is 5.11 Å². The number of hydrogen-bond acceptors (Lipinski definition) is 6. The minimum absolute atomic E-state index is 0.409. The zero-order valence-electron chi connectivity index (χ0n) is 21.6. The van der Waals surface area contributed by atoms with E-state index in [-0.39, 0.29) is 0 Å². The molecule has 6 heteroatoms. The smallest absolute Gasteiger partial charge is 0.213 e. The number of nitrogens with zero attached hydrogens (tertiary/aromatic N) is 3. The van der Waals surface area contributed by atoms with Crippen molar-refractivity contribution in [2.45, 2.75) is 85.9 Å². The van der Waals surface area contributed by atoms with Crippen molar-refractivity contribution in [3.8, 4) is 5.88 Å². The van der Waals surface area contributed by atoms with Gasteiger partial charge < -0.3 is 19.5 Å². The second-order valence-electron chi connectivity index (χ2n) is 7.68. The van der Waals surface area contributed by atoms with Gasteiger partial charge in [-0.25, -0.2) is 4.98 Å². The van der Waals surface area contributed by atoms with Gasteiger partial charge in [0.2, 0.25) is 5.88 Å². The Morgan fingerprint density at radius 1 is 1.09 bits per heavy atom. The second-order valence-corrected chi connectivity index (χ2v) is 7.68. The molecule has 0 radical (unpaired) electrons. The van der Waals surface area contributed by atoms with Crippen LogP contribution in [0.2, 0.25) is 0 Å². The van der Waals surface area contributed by atoms with Gasteiger partial charge in [0, 0.05) is 30.5 Å². The number of aryl methyl sites for hydroxylation is 2. The molecule has 0 aromatic carbocycles. The van der Waals surface area contributed by atoms with E-state index >= 15 is 0 Å². The SMILES string of the molecule is CC.CC.CCc1ccc(N2CCOCC(O)C2)cn1.Cc1cccc(OC2CCCC2)n1. The lowest BCUT2D eigenvalue weighted by Gasteiger charge is -2.23. The minimum Gasteiger partial charge on any atom is -0.474 e. The summed E-state index contributed by atoms with van der Waals surface area (Å²) in [5.74, 6) is 0.784. The zero-order chi connectivity index (χ0) is 24.5. The van der Waals surface area contributed by atoms with Crippen LogP contribution >= 0.6 is 0 Å². The molecule has 2 aromatic heterocycles. The van der Waals surface area contributed by atoms with Crippen LogP contribution in [0.5, 0.6) is 5.88 Å². The summed E-state index contributed by atoms with van der Waals surface area (Å²) in [6, 6.07) is 10.0. The van der Waals surface area contributed by atoms with E-state index in [1.165, 1.54) is 25.7 Å². The van der Waals surface area contributed by atoms with E-state index in [1.807, 2.05) is 65.1 Å². The monoisotopic (exact) mass is 459 g/mol. The van der Waals surface area contributed by atoms with Gasteiger partial charge >= 0.3 is 0 Å². The molecule has 3 heterocycles. The maximum Gasteiger partial charge on any atom is 0.213 e. The van der Waals surface area contributed by atoms with E-state index < -0.39 is 6.10 Å². The molecule has 1 unspecified atom stereocenters. The number of rotatable bonds is 4. The fourth-order valence-corrected chi connectivity index (χ4v) is 3.60. The molecule has 0 amide bonds. The summed E-state index contributed by atoms with van der Waals surface area (Å²) in [5.41, 5.74) is 3.17. The lowest BCUT2D eigenvalue weighted by Crippen LogP contribution is -2.32. The number of aliphatic hydroxyl groups excluding tert-OH is 1. The van der Waals surface area contributed by atoms with Crippen LogP contribution in [0.4, 0.5) is 5.69 Å². The summed E-state index contributed by atoms with van der Waals surface area (Å²) in [7, 11) is 0. The third-order valence-electron chi connectivity index (χ3n) is 5.24. The van der Waals surface area contributed by atoms with Crippen LogP contribution in [-0.2, 0) is 11.2 Å². The van der Waals surface area contributed by atoms with Gasteiger partial charge in [0.15, 0.2) is 0 Å². The first kappa shape index (κ1) is 28.9. The first-order valence-electron chi connectivity index (χ1n) is 12.7. The highest BCUT2D eigenvalue weighted by molar-refractivity contribution is 5.44. The molecule has 1 saturated heterocycles. The number of aliphatic hydroxyl groups is 1. The Morgan fingerprint density at radius 2 is 1.82 bits per heavy atom. The van der Waals surface area contributed by atoms with Gasteiger partial charge in [0.05, 0.1) is 31.2 Å². The minimum atomic E-state index is -0.409. The van der Waals surface area contributed by atoms with Gasteiger partial charge in [0.25, 0.3) is 0 Å². The normalized spacial score (nSPS) is 17.9. The molecular formula is C27H45N3O3. The second kappa shape index (κ2) is 17.3. The van der Waals surface area contributed by atoms with Crippen molar-refractivity contribution in [1.29, 1.82) is 0 Å². The van der Waals surface area contributed by atoms with Gasteiger partial charge in [0.1, 0.15) is 6.10 Å². The molecule has 2 fully saturated rings. The standard InChI is InChI=1S/C12H18N2O2.C11H15NO.2C2H6/c1-2-10-3-4-11(7-13-10)14-5-6-16-9-12(15)8-14;1-9-5-4-8-11(12-9)13-10-6-2-3-7-10;2*1-2/h3-4,7,12,15H,2,5-6,8-9H2,1H3;4-5,8,10H,2-3,6-7H2,1H3;2*1-2H3. The average Bonchev–Trinajstić information content (AvgIpc) is 3.27. The summed E-state index contributed by atoms with van der Waals surface area (Å²) in [6.07, 6.45) is 7.81. The predicted molar refractivity (Wildman–Crippen MR) is 137 cm³/mol. The molecule has 0 bridgehead atoms. The van der Waals surface area contributed by atoms with E-state index in [2.05, 4.69) is 27.9 Å². The van der Waals surface area contributed by atoms with Gasteiger partial charge in [-0.15, -0.1) is 0 Å². The van der Waals surface area contributed by atoms with Crippen molar-refractivity contribution < 1.29 is 14.6 Å². The van der Waals surface area contributed by atoms with Crippen molar-refractivity contribution in [3.63, 3.8) is 0 Å². The number of ether oxygens (including phenoxy) is 2. The van der Waals surface area contributed by atoms with Crippen LogP contribution < -0.4 is 9.64 Å². The zero-order valence-corrected chi connectivity index (χ0v) is 21.6. The Kier molecular flexibility index (Phi) is 15.1. The Labute approximate surface area is 201 Å². The van der Waals surface area contributed by atoms with Gasteiger partial charge in [-0.2, -0.15) is 0 Å². The Morgan fingerprint density at radius 3 is 2.42 bits per heavy atom. The molecule has 1 aliphatic carbocycles. The van der Waals surface area contributed by atoms with Crippen LogP contribution in [-0.4, -0.2) is 53.6 Å².